The monoisotopic (exact) mass is 360 g/mol. The van der Waals surface area contributed by atoms with E-state index >= 15 is 0 Å². The number of aromatic nitrogens is 2. The summed E-state index contributed by atoms with van der Waals surface area (Å²) in [5.41, 5.74) is 5.29. The number of nitrogens with zero attached hydrogens (tertiary/aromatic N) is 3. The fourth-order valence-corrected chi connectivity index (χ4v) is 3.91. The maximum Gasteiger partial charge on any atom is 0.274 e. The lowest BCUT2D eigenvalue weighted by Crippen LogP contribution is -2.39. The Kier molecular flexibility index (Phi) is 5.16. The zero-order valence-electron chi connectivity index (χ0n) is 14.8. The van der Waals surface area contributed by atoms with Crippen LogP contribution in [-0.4, -0.2) is 46.8 Å². The quantitative estimate of drug-likeness (QED) is 0.915. The van der Waals surface area contributed by atoms with Crippen molar-refractivity contribution in [1.82, 2.24) is 20.0 Å². The van der Waals surface area contributed by atoms with Crippen molar-refractivity contribution in [2.24, 2.45) is 0 Å². The molecular formula is C19H25ClN4O. The van der Waals surface area contributed by atoms with Crippen molar-refractivity contribution in [2.45, 2.75) is 38.6 Å². The van der Waals surface area contributed by atoms with Crippen molar-refractivity contribution in [3.63, 3.8) is 0 Å². The number of hydrogen-bond donors (Lipinski definition) is 1. The van der Waals surface area contributed by atoms with Gasteiger partial charge in [-0.2, -0.15) is 5.10 Å². The minimum Gasteiger partial charge on any atom is -0.336 e. The Morgan fingerprint density at radius 2 is 2.12 bits per heavy atom. The molecule has 6 heteroatoms. The zero-order chi connectivity index (χ0) is 16.7. The fraction of sp³-hybridized carbons (Fsp3) is 0.474. The van der Waals surface area contributed by atoms with Crippen LogP contribution in [-0.2, 0) is 12.8 Å². The highest BCUT2D eigenvalue weighted by Crippen LogP contribution is 2.29. The summed E-state index contributed by atoms with van der Waals surface area (Å²) in [5, 5.41) is 8.09. The number of para-hydroxylation sites is 1. The summed E-state index contributed by atoms with van der Waals surface area (Å²) in [4.78, 5) is 14.9. The van der Waals surface area contributed by atoms with Gasteiger partial charge in [0.05, 0.1) is 5.69 Å². The van der Waals surface area contributed by atoms with E-state index in [0.717, 1.165) is 50.0 Å². The summed E-state index contributed by atoms with van der Waals surface area (Å²) >= 11 is 0. The van der Waals surface area contributed by atoms with Gasteiger partial charge in [0.1, 0.15) is 0 Å². The molecule has 2 heterocycles. The van der Waals surface area contributed by atoms with E-state index in [1.165, 1.54) is 11.3 Å². The number of carbonyl (C=O) groups excluding carboxylic acids is 1. The van der Waals surface area contributed by atoms with Gasteiger partial charge >= 0.3 is 0 Å². The average molecular weight is 361 g/mol. The van der Waals surface area contributed by atoms with Crippen LogP contribution in [0.15, 0.2) is 24.3 Å². The molecule has 0 bridgehead atoms. The Morgan fingerprint density at radius 1 is 1.32 bits per heavy atom. The second-order valence-electron chi connectivity index (χ2n) is 6.89. The normalized spacial score (nSPS) is 18.7. The summed E-state index contributed by atoms with van der Waals surface area (Å²) in [6.07, 6.45) is 4.08. The fourth-order valence-electron chi connectivity index (χ4n) is 3.91. The molecule has 2 aromatic rings. The summed E-state index contributed by atoms with van der Waals surface area (Å²) in [5.74, 6) is 0.0641. The molecule has 1 atom stereocenters. The number of hydrogen-bond acceptors (Lipinski definition) is 3. The largest absolute Gasteiger partial charge is 0.336 e. The van der Waals surface area contributed by atoms with Gasteiger partial charge in [0.15, 0.2) is 5.69 Å². The molecule has 2 aliphatic rings. The highest BCUT2D eigenvalue weighted by molar-refractivity contribution is 5.94. The molecule has 0 saturated carbocycles. The molecule has 1 aromatic heterocycles. The lowest BCUT2D eigenvalue weighted by Gasteiger charge is -2.23. The molecular weight excluding hydrogens is 336 g/mol. The molecule has 134 valence electrons. The van der Waals surface area contributed by atoms with Crippen LogP contribution in [0.1, 0.15) is 40.2 Å². The molecule has 4 rings (SSSR count). The first-order valence-corrected chi connectivity index (χ1v) is 8.81. The van der Waals surface area contributed by atoms with Gasteiger partial charge in [0.2, 0.25) is 0 Å². The predicted octanol–water partition coefficient (Wildman–Crippen LogP) is 2.53. The van der Waals surface area contributed by atoms with E-state index in [1.807, 2.05) is 28.8 Å². The molecule has 1 aliphatic carbocycles. The molecule has 1 saturated heterocycles. The number of carbonyl (C=O) groups is 1. The highest BCUT2D eigenvalue weighted by atomic mass is 35.5. The van der Waals surface area contributed by atoms with Crippen LogP contribution in [0.3, 0.4) is 0 Å². The number of fused-ring (bicyclic) bond motifs is 1. The van der Waals surface area contributed by atoms with Gasteiger partial charge in [-0.3, -0.25) is 4.79 Å². The Morgan fingerprint density at radius 3 is 2.84 bits per heavy atom. The van der Waals surface area contributed by atoms with Crippen molar-refractivity contribution >= 4 is 18.3 Å². The predicted molar refractivity (Wildman–Crippen MR) is 101 cm³/mol. The molecule has 1 amide bonds. The van der Waals surface area contributed by atoms with Crippen LogP contribution in [0.4, 0.5) is 0 Å². The maximum absolute atomic E-state index is 13.0. The maximum atomic E-state index is 13.0. The summed E-state index contributed by atoms with van der Waals surface area (Å²) in [7, 11) is 1.91. The van der Waals surface area contributed by atoms with Crippen molar-refractivity contribution in [1.29, 1.82) is 0 Å². The third kappa shape index (κ3) is 3.07. The minimum atomic E-state index is 0. The molecule has 1 N–H and O–H groups in total. The number of nitrogens with one attached hydrogen (secondary N) is 1. The third-order valence-corrected chi connectivity index (χ3v) is 5.38. The molecule has 25 heavy (non-hydrogen) atoms. The summed E-state index contributed by atoms with van der Waals surface area (Å²) in [6.45, 7) is 3.96. The number of benzene rings is 1. The topological polar surface area (TPSA) is 50.2 Å². The van der Waals surface area contributed by atoms with Crippen LogP contribution in [0, 0.1) is 6.92 Å². The third-order valence-electron chi connectivity index (χ3n) is 5.38. The second-order valence-corrected chi connectivity index (χ2v) is 6.89. The van der Waals surface area contributed by atoms with Gasteiger partial charge in [-0.1, -0.05) is 18.2 Å². The van der Waals surface area contributed by atoms with Crippen LogP contribution < -0.4 is 5.32 Å². The van der Waals surface area contributed by atoms with Crippen molar-refractivity contribution in [2.75, 3.05) is 20.1 Å². The highest BCUT2D eigenvalue weighted by Gasteiger charge is 2.31. The van der Waals surface area contributed by atoms with Crippen molar-refractivity contribution in [3.05, 3.63) is 46.8 Å². The van der Waals surface area contributed by atoms with E-state index in [1.54, 1.807) is 0 Å². The SMILES string of the molecule is Cc1ccccc1-n1nc(C(=O)N(C)C2CCNC2)c2c1CCC2.Cl. The molecule has 1 aromatic carbocycles. The van der Waals surface area contributed by atoms with E-state index in [0.29, 0.717) is 5.69 Å². The Hall–Kier alpha value is -1.85. The van der Waals surface area contributed by atoms with Gasteiger partial charge in [0.25, 0.3) is 5.91 Å². The number of likely N-dealkylation sites (N-methyl/N-ethyl adjacent to an activating group) is 1. The van der Waals surface area contributed by atoms with Gasteiger partial charge in [-0.25, -0.2) is 4.68 Å². The number of amides is 1. The lowest BCUT2D eigenvalue weighted by molar-refractivity contribution is 0.0736. The summed E-state index contributed by atoms with van der Waals surface area (Å²) < 4.78 is 2.01. The minimum absolute atomic E-state index is 0. The van der Waals surface area contributed by atoms with E-state index in [9.17, 15) is 4.79 Å². The Balaban J connectivity index is 0.00000182. The van der Waals surface area contributed by atoms with E-state index in [4.69, 9.17) is 5.10 Å². The van der Waals surface area contributed by atoms with Crippen LogP contribution in [0.5, 0.6) is 0 Å². The molecule has 0 radical (unpaired) electrons. The smallest absolute Gasteiger partial charge is 0.274 e. The second kappa shape index (κ2) is 7.18. The van der Waals surface area contributed by atoms with Crippen molar-refractivity contribution < 1.29 is 4.79 Å². The zero-order valence-corrected chi connectivity index (χ0v) is 15.6. The van der Waals surface area contributed by atoms with Gasteiger partial charge in [-0.05, 0) is 50.8 Å². The van der Waals surface area contributed by atoms with Gasteiger partial charge in [0, 0.05) is 30.9 Å². The average Bonchev–Trinajstić information content (AvgIpc) is 3.31. The molecule has 0 spiro atoms. The first kappa shape index (κ1) is 18.0. The molecule has 1 aliphatic heterocycles. The van der Waals surface area contributed by atoms with Gasteiger partial charge < -0.3 is 10.2 Å². The standard InChI is InChI=1S/C19H24N4O.ClH/c1-13-6-3-4-8-16(13)23-17-9-5-7-15(17)18(21-23)19(24)22(2)14-10-11-20-12-14;/h3-4,6,8,14,20H,5,7,9-12H2,1-2H3;1H. The molecule has 5 nitrogen and oxygen atoms in total. The van der Waals surface area contributed by atoms with Crippen LogP contribution >= 0.6 is 12.4 Å². The Labute approximate surface area is 154 Å². The van der Waals surface area contributed by atoms with E-state index in [-0.39, 0.29) is 24.4 Å². The molecule has 1 unspecified atom stereocenters. The first-order chi connectivity index (χ1) is 11.7. The van der Waals surface area contributed by atoms with Gasteiger partial charge in [-0.15, -0.1) is 12.4 Å². The number of aryl methyl sites for hydroxylation is 1. The van der Waals surface area contributed by atoms with Crippen LogP contribution in [0.25, 0.3) is 5.69 Å². The first-order valence-electron chi connectivity index (χ1n) is 8.81. The van der Waals surface area contributed by atoms with Crippen molar-refractivity contribution in [3.8, 4) is 5.69 Å². The lowest BCUT2D eigenvalue weighted by atomic mass is 10.1. The Bertz CT molecular complexity index is 780. The molecule has 1 fully saturated rings. The number of halogens is 1. The number of rotatable bonds is 3. The van der Waals surface area contributed by atoms with E-state index < -0.39 is 0 Å². The summed E-state index contributed by atoms with van der Waals surface area (Å²) in [6, 6.07) is 8.52. The van der Waals surface area contributed by atoms with Crippen LogP contribution in [0.2, 0.25) is 0 Å². The van der Waals surface area contributed by atoms with E-state index in [2.05, 4.69) is 24.4 Å².